The largest absolute Gasteiger partial charge is 0.288 e. The van der Waals surface area contributed by atoms with Crippen LogP contribution < -0.4 is 5.30 Å². The van der Waals surface area contributed by atoms with Gasteiger partial charge in [-0.1, -0.05) is 55.2 Å². The third-order valence-corrected chi connectivity index (χ3v) is 6.23. The Morgan fingerprint density at radius 3 is 2.27 bits per heavy atom. The predicted octanol–water partition coefficient (Wildman–Crippen LogP) is 5.48. The van der Waals surface area contributed by atoms with Crippen LogP contribution in [0.3, 0.4) is 0 Å². The summed E-state index contributed by atoms with van der Waals surface area (Å²) in [5, 5.41) is 1.16. The third-order valence-electron chi connectivity index (χ3n) is 3.57. The highest BCUT2D eigenvalue weighted by Crippen LogP contribution is 2.33. The molecule has 0 spiro atoms. The molecule has 0 aromatic heterocycles. The molecule has 0 fully saturated rings. The van der Waals surface area contributed by atoms with Crippen LogP contribution in [0.5, 0.6) is 0 Å². The number of carbonyl (C=O) groups is 1. The minimum absolute atomic E-state index is 0.00525. The summed E-state index contributed by atoms with van der Waals surface area (Å²) in [6.07, 6.45) is 0.782. The van der Waals surface area contributed by atoms with Crippen LogP contribution in [0.4, 0.5) is 0 Å². The Morgan fingerprint density at radius 2 is 1.68 bits per heavy atom. The van der Waals surface area contributed by atoms with Gasteiger partial charge in [-0.3, -0.25) is 9.36 Å². The second-order valence-electron chi connectivity index (χ2n) is 5.03. The second kappa shape index (κ2) is 7.37. The van der Waals surface area contributed by atoms with Crippen molar-refractivity contribution in [3.63, 3.8) is 0 Å². The minimum atomic E-state index is -1.66. The van der Waals surface area contributed by atoms with Gasteiger partial charge in [0.05, 0.1) is 15.6 Å². The number of carbonyl (C=O) groups excluding carboxylic acids is 1. The van der Waals surface area contributed by atoms with Crippen molar-refractivity contribution in [2.24, 2.45) is 0 Å². The van der Waals surface area contributed by atoms with Gasteiger partial charge >= 0.3 is 0 Å². The first-order valence-corrected chi connectivity index (χ1v) is 9.10. The van der Waals surface area contributed by atoms with E-state index < -0.39 is 7.80 Å². The quantitative estimate of drug-likeness (QED) is 0.527. The monoisotopic (exact) mass is 353 g/mol. The fourth-order valence-electron chi connectivity index (χ4n) is 2.11. The Morgan fingerprint density at radius 1 is 1.09 bits per heavy atom. The molecule has 2 unspecified atom stereocenters. The van der Waals surface area contributed by atoms with Crippen LogP contribution in [0.25, 0.3) is 0 Å². The van der Waals surface area contributed by atoms with E-state index in [1.165, 1.54) is 0 Å². The lowest BCUT2D eigenvalue weighted by atomic mass is 10.0. The van der Waals surface area contributed by atoms with E-state index in [1.54, 1.807) is 42.5 Å². The van der Waals surface area contributed by atoms with Crippen molar-refractivity contribution in [3.8, 4) is 0 Å². The Kier molecular flexibility index (Phi) is 5.74. The lowest BCUT2D eigenvalue weighted by Gasteiger charge is -2.13. The molecule has 115 valence electrons. The van der Waals surface area contributed by atoms with Crippen molar-refractivity contribution >= 4 is 42.1 Å². The second-order valence-corrected chi connectivity index (χ2v) is 7.86. The van der Waals surface area contributed by atoms with Gasteiger partial charge in [0.25, 0.3) is 0 Å². The molecule has 0 heterocycles. The molecule has 0 N–H and O–H groups in total. The van der Waals surface area contributed by atoms with Crippen molar-refractivity contribution in [2.75, 3.05) is 0 Å². The maximum absolute atomic E-state index is 12.8. The molecule has 2 atom stereocenters. The number of hydrogen-bond donors (Lipinski definition) is 0. The van der Waals surface area contributed by atoms with E-state index in [9.17, 15) is 9.36 Å². The van der Waals surface area contributed by atoms with Crippen LogP contribution in [0.2, 0.25) is 10.0 Å². The Labute approximate surface area is 141 Å². The van der Waals surface area contributed by atoms with E-state index in [0.717, 1.165) is 6.42 Å². The van der Waals surface area contributed by atoms with Gasteiger partial charge in [0, 0.05) is 16.5 Å². The van der Waals surface area contributed by atoms with E-state index in [0.29, 0.717) is 20.9 Å². The molecule has 0 aliphatic carbocycles. The maximum Gasteiger partial charge on any atom is 0.197 e. The molecule has 1 radical (unpaired) electrons. The molecule has 2 rings (SSSR count). The van der Waals surface area contributed by atoms with Crippen LogP contribution in [-0.4, -0.2) is 11.4 Å². The van der Waals surface area contributed by atoms with Crippen molar-refractivity contribution in [1.82, 2.24) is 0 Å². The summed E-state index contributed by atoms with van der Waals surface area (Å²) in [5.74, 6) is -0.294. The summed E-state index contributed by atoms with van der Waals surface area (Å²) in [6.45, 7) is 3.90. The predicted molar refractivity (Wildman–Crippen MR) is 93.3 cm³/mol. The molecular weight excluding hydrogens is 338 g/mol. The van der Waals surface area contributed by atoms with Crippen molar-refractivity contribution < 1.29 is 9.36 Å². The minimum Gasteiger partial charge on any atom is -0.288 e. The molecule has 0 amide bonds. The van der Waals surface area contributed by atoms with E-state index in [1.807, 2.05) is 13.8 Å². The zero-order valence-electron chi connectivity index (χ0n) is 12.3. The first-order valence-electron chi connectivity index (χ1n) is 7.01. The summed E-state index contributed by atoms with van der Waals surface area (Å²) in [4.78, 5) is 12.8. The molecule has 0 aliphatic rings. The van der Waals surface area contributed by atoms with Crippen molar-refractivity contribution in [1.29, 1.82) is 0 Å². The summed E-state index contributed by atoms with van der Waals surface area (Å²) in [5.41, 5.74) is 0.662. The first kappa shape index (κ1) is 17.1. The van der Waals surface area contributed by atoms with E-state index in [2.05, 4.69) is 0 Å². The van der Waals surface area contributed by atoms with Crippen LogP contribution in [0, 0.1) is 0 Å². The number of rotatable bonds is 5. The smallest absolute Gasteiger partial charge is 0.197 e. The number of ketones is 1. The van der Waals surface area contributed by atoms with Crippen LogP contribution in [0.1, 0.15) is 36.2 Å². The Bertz CT molecular complexity index is 708. The van der Waals surface area contributed by atoms with Gasteiger partial charge in [-0.05, 0) is 30.7 Å². The van der Waals surface area contributed by atoms with E-state index >= 15 is 0 Å². The summed E-state index contributed by atoms with van der Waals surface area (Å²) < 4.78 is 12.6. The van der Waals surface area contributed by atoms with Gasteiger partial charge in [-0.25, -0.2) is 0 Å². The standard InChI is InChI=1S/C17H16Cl2O2P/c1-3-11(2)22(21)15-10-5-4-7-12(15)17(20)16-13(18)8-6-9-14(16)19/h4-11H,3H2,1-2H3. The maximum atomic E-state index is 12.8. The lowest BCUT2D eigenvalue weighted by Crippen LogP contribution is -2.16. The Hall–Kier alpha value is -1.21. The molecule has 2 nitrogen and oxygen atoms in total. The highest BCUT2D eigenvalue weighted by Gasteiger charge is 2.23. The highest BCUT2D eigenvalue weighted by atomic mass is 35.5. The number of halogens is 2. The van der Waals surface area contributed by atoms with Crippen LogP contribution >= 0.6 is 31.0 Å². The molecule has 2 aromatic carbocycles. The zero-order valence-corrected chi connectivity index (χ0v) is 14.8. The highest BCUT2D eigenvalue weighted by molar-refractivity contribution is 7.54. The number of benzene rings is 2. The average molecular weight is 354 g/mol. The van der Waals surface area contributed by atoms with E-state index in [-0.39, 0.29) is 17.0 Å². The molecule has 2 aromatic rings. The number of hydrogen-bond acceptors (Lipinski definition) is 2. The molecule has 0 bridgehead atoms. The summed E-state index contributed by atoms with van der Waals surface area (Å²) in [7, 11) is -1.66. The third kappa shape index (κ3) is 3.41. The normalized spacial score (nSPS) is 12.8. The molecule has 0 saturated carbocycles. The van der Waals surface area contributed by atoms with Gasteiger partial charge in [-0.2, -0.15) is 0 Å². The van der Waals surface area contributed by atoms with Gasteiger partial charge in [-0.15, -0.1) is 0 Å². The summed E-state index contributed by atoms with van der Waals surface area (Å²) >= 11 is 12.2. The van der Waals surface area contributed by atoms with Gasteiger partial charge in [0.2, 0.25) is 0 Å². The van der Waals surface area contributed by atoms with Gasteiger partial charge in [0.1, 0.15) is 7.80 Å². The molecular formula is C17H16Cl2O2P. The molecule has 22 heavy (non-hydrogen) atoms. The summed E-state index contributed by atoms with van der Waals surface area (Å²) in [6, 6.07) is 11.9. The lowest BCUT2D eigenvalue weighted by molar-refractivity contribution is 0.104. The van der Waals surface area contributed by atoms with E-state index in [4.69, 9.17) is 23.2 Å². The average Bonchev–Trinajstić information content (AvgIpc) is 2.53. The topological polar surface area (TPSA) is 34.1 Å². The zero-order chi connectivity index (χ0) is 16.3. The van der Waals surface area contributed by atoms with Gasteiger partial charge < -0.3 is 0 Å². The van der Waals surface area contributed by atoms with Crippen molar-refractivity contribution in [3.05, 3.63) is 63.6 Å². The first-order chi connectivity index (χ1) is 10.5. The van der Waals surface area contributed by atoms with Crippen LogP contribution in [0.15, 0.2) is 42.5 Å². The molecule has 0 saturated heterocycles. The fourth-order valence-corrected chi connectivity index (χ4v) is 4.13. The fraction of sp³-hybridized carbons (Fsp3) is 0.235. The SMILES string of the molecule is CCC(C)[P](=O)c1ccccc1C(=O)c1c(Cl)cccc1Cl. The Balaban J connectivity index is 2.54. The van der Waals surface area contributed by atoms with Gasteiger partial charge in [0.15, 0.2) is 5.78 Å². The molecule has 5 heteroatoms. The van der Waals surface area contributed by atoms with Crippen molar-refractivity contribution in [2.45, 2.75) is 25.9 Å². The molecule has 0 aliphatic heterocycles. The van der Waals surface area contributed by atoms with Crippen LogP contribution in [-0.2, 0) is 4.57 Å².